The average molecular weight is 222 g/mol. The van der Waals surface area contributed by atoms with Gasteiger partial charge in [0.05, 0.1) is 5.69 Å². The summed E-state index contributed by atoms with van der Waals surface area (Å²) in [6.45, 7) is 2.28. The summed E-state index contributed by atoms with van der Waals surface area (Å²) in [5, 5.41) is 5.29. The van der Waals surface area contributed by atoms with Gasteiger partial charge < -0.3 is 0 Å². The largest absolute Gasteiger partial charge is 0.272 e. The van der Waals surface area contributed by atoms with E-state index in [1.165, 1.54) is 25.0 Å². The Hall–Kier alpha value is -0.440. The maximum absolute atomic E-state index is 4.74. The van der Waals surface area contributed by atoms with Gasteiger partial charge in [0.15, 0.2) is 0 Å². The van der Waals surface area contributed by atoms with E-state index in [1.807, 2.05) is 11.8 Å². The molecule has 2 aliphatic carbocycles. The number of aryl methyl sites for hydroxylation is 1. The van der Waals surface area contributed by atoms with Crippen LogP contribution < -0.4 is 0 Å². The molecule has 0 radical (unpaired) electrons. The minimum atomic E-state index is 0.555. The zero-order valence-electron chi connectivity index (χ0n) is 9.66. The number of fused-ring (bicyclic) bond motifs is 5. The van der Waals surface area contributed by atoms with Crippen LogP contribution in [0.3, 0.4) is 0 Å². The SMILES string of the molecule is CSC(C)c1nn(C)c2c1C1CCC2C1. The van der Waals surface area contributed by atoms with Crippen molar-refractivity contribution in [3.05, 3.63) is 17.0 Å². The molecule has 0 amide bonds. The molecule has 1 fully saturated rings. The van der Waals surface area contributed by atoms with Gasteiger partial charge in [-0.3, -0.25) is 4.68 Å². The Balaban J connectivity index is 2.12. The highest BCUT2D eigenvalue weighted by molar-refractivity contribution is 7.98. The van der Waals surface area contributed by atoms with Crippen LogP contribution in [0.4, 0.5) is 0 Å². The number of hydrogen-bond acceptors (Lipinski definition) is 2. The van der Waals surface area contributed by atoms with Crippen molar-refractivity contribution in [1.29, 1.82) is 0 Å². The lowest BCUT2D eigenvalue weighted by Gasteiger charge is -2.13. The molecule has 2 nitrogen and oxygen atoms in total. The van der Waals surface area contributed by atoms with Crippen molar-refractivity contribution in [2.24, 2.45) is 7.05 Å². The third-order valence-corrected chi connectivity index (χ3v) is 5.05. The maximum atomic E-state index is 4.74. The monoisotopic (exact) mass is 222 g/mol. The highest BCUT2D eigenvalue weighted by Gasteiger charge is 2.42. The highest BCUT2D eigenvalue weighted by atomic mass is 32.2. The molecule has 82 valence electrons. The average Bonchev–Trinajstić information content (AvgIpc) is 2.89. The van der Waals surface area contributed by atoms with E-state index >= 15 is 0 Å². The molecular formula is C12H18N2S. The summed E-state index contributed by atoms with van der Waals surface area (Å²) in [6, 6.07) is 0. The van der Waals surface area contributed by atoms with E-state index in [4.69, 9.17) is 5.10 Å². The molecular weight excluding hydrogens is 204 g/mol. The lowest BCUT2D eigenvalue weighted by atomic mass is 9.95. The summed E-state index contributed by atoms with van der Waals surface area (Å²) in [7, 11) is 2.12. The molecule has 1 heterocycles. The summed E-state index contributed by atoms with van der Waals surface area (Å²) >= 11 is 1.91. The van der Waals surface area contributed by atoms with Crippen molar-refractivity contribution >= 4 is 11.8 Å². The van der Waals surface area contributed by atoms with Crippen LogP contribution in [0.25, 0.3) is 0 Å². The normalized spacial score (nSPS) is 29.5. The topological polar surface area (TPSA) is 17.8 Å². The van der Waals surface area contributed by atoms with Crippen molar-refractivity contribution in [3.63, 3.8) is 0 Å². The van der Waals surface area contributed by atoms with Gasteiger partial charge in [-0.2, -0.15) is 16.9 Å². The van der Waals surface area contributed by atoms with E-state index in [0.29, 0.717) is 5.25 Å². The number of aromatic nitrogens is 2. The molecule has 15 heavy (non-hydrogen) atoms. The fourth-order valence-electron chi connectivity index (χ4n) is 3.38. The molecule has 0 spiro atoms. The number of nitrogens with zero attached hydrogens (tertiary/aromatic N) is 2. The van der Waals surface area contributed by atoms with Crippen molar-refractivity contribution in [2.45, 2.75) is 43.3 Å². The van der Waals surface area contributed by atoms with Gasteiger partial charge in [0.25, 0.3) is 0 Å². The van der Waals surface area contributed by atoms with Crippen molar-refractivity contribution < 1.29 is 0 Å². The molecule has 3 heteroatoms. The molecule has 3 atom stereocenters. The van der Waals surface area contributed by atoms with Crippen LogP contribution in [0.1, 0.15) is 60.2 Å². The van der Waals surface area contributed by atoms with Crippen LogP contribution >= 0.6 is 11.8 Å². The molecule has 0 N–H and O–H groups in total. The second kappa shape index (κ2) is 3.27. The molecule has 0 saturated heterocycles. The van der Waals surface area contributed by atoms with Crippen molar-refractivity contribution in [1.82, 2.24) is 9.78 Å². The predicted octanol–water partition coefficient (Wildman–Crippen LogP) is 3.21. The molecule has 1 saturated carbocycles. The summed E-state index contributed by atoms with van der Waals surface area (Å²) in [6.07, 6.45) is 6.37. The molecule has 2 aliphatic rings. The summed E-state index contributed by atoms with van der Waals surface area (Å²) < 4.78 is 2.15. The van der Waals surface area contributed by atoms with E-state index < -0.39 is 0 Å². The fraction of sp³-hybridized carbons (Fsp3) is 0.750. The van der Waals surface area contributed by atoms with Gasteiger partial charge >= 0.3 is 0 Å². The molecule has 2 bridgehead atoms. The summed E-state index contributed by atoms with van der Waals surface area (Å²) in [5.74, 6) is 1.66. The van der Waals surface area contributed by atoms with Gasteiger partial charge in [0.1, 0.15) is 0 Å². The maximum Gasteiger partial charge on any atom is 0.0789 e. The van der Waals surface area contributed by atoms with Gasteiger partial charge in [-0.05, 0) is 38.4 Å². The minimum absolute atomic E-state index is 0.555. The van der Waals surface area contributed by atoms with Crippen LogP contribution in [-0.2, 0) is 7.05 Å². The van der Waals surface area contributed by atoms with Gasteiger partial charge in [-0.15, -0.1) is 0 Å². The molecule has 3 rings (SSSR count). The van der Waals surface area contributed by atoms with E-state index in [-0.39, 0.29) is 0 Å². The highest BCUT2D eigenvalue weighted by Crippen LogP contribution is 2.55. The molecule has 0 aromatic carbocycles. The lowest BCUT2D eigenvalue weighted by Crippen LogP contribution is -2.02. The number of hydrogen-bond donors (Lipinski definition) is 0. The molecule has 1 aromatic rings. The van der Waals surface area contributed by atoms with E-state index in [0.717, 1.165) is 11.8 Å². The predicted molar refractivity (Wildman–Crippen MR) is 64.5 cm³/mol. The van der Waals surface area contributed by atoms with Gasteiger partial charge in [0, 0.05) is 29.5 Å². The lowest BCUT2D eigenvalue weighted by molar-refractivity contribution is 0.622. The molecule has 0 aliphatic heterocycles. The Morgan fingerprint density at radius 3 is 2.87 bits per heavy atom. The van der Waals surface area contributed by atoms with Crippen LogP contribution in [0.15, 0.2) is 0 Å². The number of rotatable bonds is 2. The Bertz CT molecular complexity index is 397. The first-order chi connectivity index (χ1) is 7.22. The third kappa shape index (κ3) is 1.22. The molecule has 1 aromatic heterocycles. The van der Waals surface area contributed by atoms with E-state index in [2.05, 4.69) is 24.9 Å². The quantitative estimate of drug-likeness (QED) is 0.764. The summed E-state index contributed by atoms with van der Waals surface area (Å²) in [4.78, 5) is 0. The Kier molecular flexibility index (Phi) is 2.13. The van der Waals surface area contributed by atoms with E-state index in [9.17, 15) is 0 Å². The molecule has 3 unspecified atom stereocenters. The first-order valence-corrected chi connectivity index (χ1v) is 7.10. The first kappa shape index (κ1) is 9.76. The summed E-state index contributed by atoms with van der Waals surface area (Å²) in [5.41, 5.74) is 4.55. The van der Waals surface area contributed by atoms with Gasteiger partial charge in [0.2, 0.25) is 0 Å². The van der Waals surface area contributed by atoms with Crippen molar-refractivity contribution in [2.75, 3.05) is 6.26 Å². The zero-order chi connectivity index (χ0) is 10.6. The standard InChI is InChI=1S/C12H18N2S/c1-7(15-3)11-10-8-4-5-9(6-8)12(10)14(2)13-11/h7-9H,4-6H2,1-3H3. The first-order valence-electron chi connectivity index (χ1n) is 5.81. The fourth-order valence-corrected chi connectivity index (χ4v) is 3.78. The van der Waals surface area contributed by atoms with E-state index in [1.54, 1.807) is 11.3 Å². The smallest absolute Gasteiger partial charge is 0.0789 e. The second-order valence-corrected chi connectivity index (χ2v) is 6.07. The van der Waals surface area contributed by atoms with Gasteiger partial charge in [-0.25, -0.2) is 0 Å². The second-order valence-electron chi connectivity index (χ2n) is 4.89. The Labute approximate surface area is 95.4 Å². The zero-order valence-corrected chi connectivity index (χ0v) is 10.5. The minimum Gasteiger partial charge on any atom is -0.272 e. The van der Waals surface area contributed by atoms with Crippen LogP contribution in [0, 0.1) is 0 Å². The third-order valence-electron chi connectivity index (χ3n) is 4.12. The van der Waals surface area contributed by atoms with Crippen LogP contribution in [0.5, 0.6) is 0 Å². The number of thioether (sulfide) groups is 1. The van der Waals surface area contributed by atoms with Crippen molar-refractivity contribution in [3.8, 4) is 0 Å². The Morgan fingerprint density at radius 1 is 1.40 bits per heavy atom. The van der Waals surface area contributed by atoms with Crippen LogP contribution in [-0.4, -0.2) is 16.0 Å². The van der Waals surface area contributed by atoms with Gasteiger partial charge in [-0.1, -0.05) is 0 Å². The van der Waals surface area contributed by atoms with Crippen LogP contribution in [0.2, 0.25) is 0 Å². The Morgan fingerprint density at radius 2 is 2.13 bits per heavy atom.